The first kappa shape index (κ1) is 30.0. The van der Waals surface area contributed by atoms with Gasteiger partial charge in [-0.25, -0.2) is 0 Å². The largest absolute Gasteiger partial charge is 0.309 e. The topological polar surface area (TPSA) is 9.86 Å². The minimum absolute atomic E-state index is 1.21. The first-order chi connectivity index (χ1) is 27.8. The van der Waals surface area contributed by atoms with Gasteiger partial charge in [-0.3, -0.25) is 0 Å². The maximum absolute atomic E-state index is 2.48. The molecule has 12 aromatic rings. The second-order valence-corrected chi connectivity index (χ2v) is 15.2. The van der Waals surface area contributed by atoms with E-state index in [0.717, 1.165) is 0 Å². The molecule has 0 saturated carbocycles. The average molecular weight is 709 g/mol. The molecule has 0 radical (unpaired) electrons. The molecule has 0 unspecified atom stereocenters. The lowest BCUT2D eigenvalue weighted by Crippen LogP contribution is -1.96. The van der Waals surface area contributed by atoms with Gasteiger partial charge in [-0.2, -0.15) is 0 Å². The maximum Gasteiger partial charge on any atom is 0.0546 e. The normalized spacial score (nSPS) is 12.3. The Morgan fingerprint density at radius 1 is 0.250 bits per heavy atom. The van der Waals surface area contributed by atoms with Crippen molar-refractivity contribution >= 4 is 75.9 Å². The predicted molar refractivity (Wildman–Crippen MR) is 238 cm³/mol. The Morgan fingerprint density at radius 3 is 1.41 bits per heavy atom. The van der Waals surface area contributed by atoms with Gasteiger partial charge in [-0.15, -0.1) is 0 Å². The molecule has 2 heterocycles. The number of benzene rings is 10. The molecule has 258 valence electrons. The van der Waals surface area contributed by atoms with E-state index in [1.54, 1.807) is 0 Å². The monoisotopic (exact) mass is 708 g/mol. The van der Waals surface area contributed by atoms with Crippen molar-refractivity contribution in [2.24, 2.45) is 0 Å². The quantitative estimate of drug-likeness (QED) is 0.162. The van der Waals surface area contributed by atoms with Crippen LogP contribution in [0.4, 0.5) is 0 Å². The number of nitrogens with zero attached hydrogens (tertiary/aromatic N) is 2. The fourth-order valence-corrected chi connectivity index (χ4v) is 10.0. The van der Waals surface area contributed by atoms with Crippen molar-refractivity contribution in [2.45, 2.75) is 0 Å². The highest BCUT2D eigenvalue weighted by Gasteiger charge is 2.24. The smallest absolute Gasteiger partial charge is 0.0546 e. The molecule has 13 rings (SSSR count). The zero-order chi connectivity index (χ0) is 36.5. The van der Waals surface area contributed by atoms with Crippen LogP contribution in [0.3, 0.4) is 0 Å². The summed E-state index contributed by atoms with van der Waals surface area (Å²) in [6.07, 6.45) is 0. The van der Waals surface area contributed by atoms with Gasteiger partial charge < -0.3 is 9.13 Å². The predicted octanol–water partition coefficient (Wildman–Crippen LogP) is 14.7. The van der Waals surface area contributed by atoms with Gasteiger partial charge in [-0.05, 0) is 103 Å². The minimum atomic E-state index is 1.21. The van der Waals surface area contributed by atoms with Crippen LogP contribution < -0.4 is 0 Å². The van der Waals surface area contributed by atoms with Gasteiger partial charge in [0.2, 0.25) is 0 Å². The van der Waals surface area contributed by atoms with Crippen LogP contribution in [0.25, 0.3) is 121 Å². The molecule has 10 aromatic carbocycles. The molecule has 0 atom stereocenters. The average Bonchev–Trinajstić information content (AvgIpc) is 3.90. The summed E-state index contributed by atoms with van der Waals surface area (Å²) in [7, 11) is 0. The second-order valence-electron chi connectivity index (χ2n) is 15.2. The van der Waals surface area contributed by atoms with Crippen LogP contribution in [0, 0.1) is 0 Å². The zero-order valence-corrected chi connectivity index (χ0v) is 30.4. The first-order valence-corrected chi connectivity index (χ1v) is 19.4. The van der Waals surface area contributed by atoms with Crippen molar-refractivity contribution < 1.29 is 0 Å². The van der Waals surface area contributed by atoms with Crippen molar-refractivity contribution in [2.75, 3.05) is 0 Å². The van der Waals surface area contributed by atoms with E-state index in [0.29, 0.717) is 0 Å². The van der Waals surface area contributed by atoms with Crippen molar-refractivity contribution in [1.29, 1.82) is 0 Å². The summed E-state index contributed by atoms with van der Waals surface area (Å²) >= 11 is 0. The molecule has 0 spiro atoms. The first-order valence-electron chi connectivity index (χ1n) is 19.4. The number of rotatable bonds is 3. The molecule has 2 aromatic heterocycles. The fourth-order valence-electron chi connectivity index (χ4n) is 10.0. The highest BCUT2D eigenvalue weighted by atomic mass is 15.0. The highest BCUT2D eigenvalue weighted by Crippen LogP contribution is 2.49. The Balaban J connectivity index is 1.02. The molecule has 0 saturated heterocycles. The molecule has 0 amide bonds. The molecule has 0 N–H and O–H groups in total. The van der Waals surface area contributed by atoms with Gasteiger partial charge >= 0.3 is 0 Å². The summed E-state index contributed by atoms with van der Waals surface area (Å²) in [4.78, 5) is 0. The lowest BCUT2D eigenvalue weighted by Gasteiger charge is -2.14. The number of fused-ring (bicyclic) bond motifs is 12. The van der Waals surface area contributed by atoms with Crippen molar-refractivity contribution in [3.63, 3.8) is 0 Å². The van der Waals surface area contributed by atoms with Gasteiger partial charge in [-0.1, -0.05) is 146 Å². The van der Waals surface area contributed by atoms with E-state index in [2.05, 4.69) is 203 Å². The molecule has 0 bridgehead atoms. The standard InChI is InChI=1S/C54H32N2/c1-2-13-36-35(12-1)32-53(40-17-6-5-14-37(36)40)56-49-23-10-8-19-42(49)47-31-34(25-28-52(47)56)33-24-27-51-46(30-33)41-18-7-9-22-48(41)55(51)50-29-26-44-39-16-4-3-15-38(39)43-20-11-21-45(50)54(43)44/h1-32H. The number of hydrogen-bond donors (Lipinski definition) is 0. The van der Waals surface area contributed by atoms with Crippen LogP contribution in [-0.4, -0.2) is 9.13 Å². The molecule has 56 heavy (non-hydrogen) atoms. The molecule has 1 aliphatic rings. The maximum atomic E-state index is 2.48. The van der Waals surface area contributed by atoms with E-state index >= 15 is 0 Å². The van der Waals surface area contributed by atoms with Gasteiger partial charge in [0.15, 0.2) is 0 Å². The third kappa shape index (κ3) is 3.95. The van der Waals surface area contributed by atoms with Crippen molar-refractivity contribution in [3.05, 3.63) is 194 Å². The van der Waals surface area contributed by atoms with Crippen molar-refractivity contribution in [1.82, 2.24) is 9.13 Å². The summed E-state index contributed by atoms with van der Waals surface area (Å²) in [6, 6.07) is 72.0. The summed E-state index contributed by atoms with van der Waals surface area (Å²) in [5, 5.41) is 12.7. The number of para-hydroxylation sites is 2. The highest BCUT2D eigenvalue weighted by molar-refractivity contribution is 6.20. The molecule has 0 fully saturated rings. The van der Waals surface area contributed by atoms with Gasteiger partial charge in [0, 0.05) is 32.3 Å². The zero-order valence-electron chi connectivity index (χ0n) is 30.4. The minimum Gasteiger partial charge on any atom is -0.309 e. The molecular formula is C54H32N2. The summed E-state index contributed by atoms with van der Waals surface area (Å²) in [5.41, 5.74) is 15.0. The van der Waals surface area contributed by atoms with E-state index in [-0.39, 0.29) is 0 Å². The van der Waals surface area contributed by atoms with Crippen LogP contribution >= 0.6 is 0 Å². The molecule has 2 heteroatoms. The SMILES string of the molecule is c1ccc2c(c1)-c1cccc3c(-n4c5ccccc5c5cc(-c6ccc7c(c6)c6ccccc6n7-c6cc7ccccc7c7ccccc67)ccc54)ccc-2c13. The summed E-state index contributed by atoms with van der Waals surface area (Å²) in [6.45, 7) is 0. The van der Waals surface area contributed by atoms with Crippen LogP contribution in [0.15, 0.2) is 194 Å². The lowest BCUT2D eigenvalue weighted by molar-refractivity contribution is 1.20. The van der Waals surface area contributed by atoms with E-state index in [9.17, 15) is 0 Å². The van der Waals surface area contributed by atoms with Gasteiger partial charge in [0.25, 0.3) is 0 Å². The fraction of sp³-hybridized carbons (Fsp3) is 0. The number of aromatic nitrogens is 2. The Labute approximate surface area is 322 Å². The molecular weight excluding hydrogens is 677 g/mol. The van der Waals surface area contributed by atoms with E-state index in [4.69, 9.17) is 0 Å². The van der Waals surface area contributed by atoms with E-state index in [1.807, 2.05) is 0 Å². The Hall–Kier alpha value is -7.42. The van der Waals surface area contributed by atoms with Gasteiger partial charge in [0.1, 0.15) is 0 Å². The summed E-state index contributed by atoms with van der Waals surface area (Å²) in [5.74, 6) is 0. The molecule has 0 aliphatic heterocycles. The molecule has 1 aliphatic carbocycles. The lowest BCUT2D eigenvalue weighted by atomic mass is 9.99. The number of hydrogen-bond acceptors (Lipinski definition) is 0. The van der Waals surface area contributed by atoms with Crippen LogP contribution in [-0.2, 0) is 0 Å². The third-order valence-corrected chi connectivity index (χ3v) is 12.4. The summed E-state index contributed by atoms with van der Waals surface area (Å²) < 4.78 is 4.95. The Kier molecular flexibility index (Phi) is 5.92. The van der Waals surface area contributed by atoms with E-state index < -0.39 is 0 Å². The Bertz CT molecular complexity index is 3620. The third-order valence-electron chi connectivity index (χ3n) is 12.4. The van der Waals surface area contributed by atoms with Crippen LogP contribution in [0.1, 0.15) is 0 Å². The molecule has 2 nitrogen and oxygen atoms in total. The van der Waals surface area contributed by atoms with Crippen LogP contribution in [0.5, 0.6) is 0 Å². The van der Waals surface area contributed by atoms with E-state index in [1.165, 1.54) is 121 Å². The second kappa shape index (κ2) is 11.1. The van der Waals surface area contributed by atoms with Crippen molar-refractivity contribution in [3.8, 4) is 44.8 Å². The Morgan fingerprint density at radius 2 is 0.732 bits per heavy atom. The van der Waals surface area contributed by atoms with Gasteiger partial charge in [0.05, 0.1) is 33.4 Å². The van der Waals surface area contributed by atoms with Crippen LogP contribution in [0.2, 0.25) is 0 Å².